The fourth-order valence-electron chi connectivity index (χ4n) is 3.94. The summed E-state index contributed by atoms with van der Waals surface area (Å²) in [5.41, 5.74) is 11.8. The van der Waals surface area contributed by atoms with Crippen LogP contribution in [0, 0.1) is 26.7 Å². The molecule has 3 unspecified atom stereocenters. The second kappa shape index (κ2) is 6.28. The molecule has 0 saturated carbocycles. The fraction of sp³-hybridized carbons (Fsp3) is 0.667. The summed E-state index contributed by atoms with van der Waals surface area (Å²) in [6.45, 7) is 13.3. The molecule has 1 aliphatic heterocycles. The van der Waals surface area contributed by atoms with Crippen LogP contribution < -0.4 is 5.73 Å². The zero-order valence-electron chi connectivity index (χ0n) is 13.7. The summed E-state index contributed by atoms with van der Waals surface area (Å²) < 4.78 is 0. The van der Waals surface area contributed by atoms with Crippen molar-refractivity contribution in [2.75, 3.05) is 13.1 Å². The van der Waals surface area contributed by atoms with Crippen LogP contribution in [0.1, 0.15) is 55.0 Å². The van der Waals surface area contributed by atoms with E-state index in [1.54, 1.807) is 0 Å². The molecular formula is C18H30N2. The first-order valence-corrected chi connectivity index (χ1v) is 7.99. The van der Waals surface area contributed by atoms with Gasteiger partial charge in [0.25, 0.3) is 0 Å². The molecule has 1 fully saturated rings. The summed E-state index contributed by atoms with van der Waals surface area (Å²) in [5, 5.41) is 0. The summed E-state index contributed by atoms with van der Waals surface area (Å²) in [6.07, 6.45) is 2.65. The second-order valence-electron chi connectivity index (χ2n) is 6.66. The third kappa shape index (κ3) is 2.91. The van der Waals surface area contributed by atoms with Crippen LogP contribution in [0.4, 0.5) is 0 Å². The lowest BCUT2D eigenvalue weighted by atomic mass is 9.87. The van der Waals surface area contributed by atoms with E-state index in [0.29, 0.717) is 18.6 Å². The van der Waals surface area contributed by atoms with Crippen LogP contribution in [0.2, 0.25) is 0 Å². The number of benzene rings is 1. The molecule has 112 valence electrons. The van der Waals surface area contributed by atoms with Gasteiger partial charge in [-0.2, -0.15) is 0 Å². The smallest absolute Gasteiger partial charge is 0.0478 e. The predicted molar refractivity (Wildman–Crippen MR) is 87.0 cm³/mol. The van der Waals surface area contributed by atoms with Gasteiger partial charge in [0.15, 0.2) is 0 Å². The van der Waals surface area contributed by atoms with E-state index in [-0.39, 0.29) is 0 Å². The average Bonchev–Trinajstić information content (AvgIpc) is 2.37. The molecule has 1 aromatic rings. The molecule has 1 aromatic carbocycles. The molecule has 2 N–H and O–H groups in total. The predicted octanol–water partition coefficient (Wildman–Crippen LogP) is 3.73. The lowest BCUT2D eigenvalue weighted by Crippen LogP contribution is -2.47. The van der Waals surface area contributed by atoms with Gasteiger partial charge >= 0.3 is 0 Å². The van der Waals surface area contributed by atoms with Gasteiger partial charge in [-0.15, -0.1) is 0 Å². The quantitative estimate of drug-likeness (QED) is 0.910. The van der Waals surface area contributed by atoms with E-state index in [4.69, 9.17) is 5.73 Å². The third-order valence-corrected chi connectivity index (χ3v) is 5.12. The van der Waals surface area contributed by atoms with Crippen molar-refractivity contribution in [1.29, 1.82) is 0 Å². The maximum Gasteiger partial charge on any atom is 0.0478 e. The Hall–Kier alpha value is -0.860. The standard InChI is InChI=1S/C18H30N2/c1-12-9-14(3)18(15(4)10-12)17(11-19)20-8-6-7-13(2)16(20)5/h9-10,13,16-17H,6-8,11,19H2,1-5H3. The average molecular weight is 274 g/mol. The van der Waals surface area contributed by atoms with Gasteiger partial charge in [0.05, 0.1) is 0 Å². The van der Waals surface area contributed by atoms with Crippen LogP contribution in [0.3, 0.4) is 0 Å². The Bertz CT molecular complexity index is 443. The Morgan fingerprint density at radius 1 is 1.20 bits per heavy atom. The lowest BCUT2D eigenvalue weighted by Gasteiger charge is -2.43. The number of piperidine rings is 1. The van der Waals surface area contributed by atoms with E-state index in [9.17, 15) is 0 Å². The van der Waals surface area contributed by atoms with Crippen LogP contribution in [-0.2, 0) is 0 Å². The Balaban J connectivity index is 2.37. The van der Waals surface area contributed by atoms with Gasteiger partial charge in [-0.1, -0.05) is 24.6 Å². The van der Waals surface area contributed by atoms with E-state index in [0.717, 1.165) is 5.92 Å². The van der Waals surface area contributed by atoms with E-state index in [1.165, 1.54) is 41.6 Å². The topological polar surface area (TPSA) is 29.3 Å². The second-order valence-corrected chi connectivity index (χ2v) is 6.66. The molecule has 0 bridgehead atoms. The first-order chi connectivity index (χ1) is 9.45. The highest BCUT2D eigenvalue weighted by Crippen LogP contribution is 2.34. The van der Waals surface area contributed by atoms with Gasteiger partial charge in [0, 0.05) is 18.6 Å². The number of aryl methyl sites for hydroxylation is 3. The molecule has 1 heterocycles. The molecule has 0 spiro atoms. The lowest BCUT2D eigenvalue weighted by molar-refractivity contribution is 0.0704. The molecule has 0 radical (unpaired) electrons. The number of nitrogens with zero attached hydrogens (tertiary/aromatic N) is 1. The molecule has 0 aliphatic carbocycles. The Labute approximate surface area is 124 Å². The number of nitrogens with two attached hydrogens (primary N) is 1. The summed E-state index contributed by atoms with van der Waals surface area (Å²) in [7, 11) is 0. The van der Waals surface area contributed by atoms with E-state index in [1.807, 2.05) is 0 Å². The zero-order valence-corrected chi connectivity index (χ0v) is 13.7. The van der Waals surface area contributed by atoms with Crippen molar-refractivity contribution in [2.24, 2.45) is 11.7 Å². The Kier molecular flexibility index (Phi) is 4.87. The first-order valence-electron chi connectivity index (χ1n) is 7.99. The summed E-state index contributed by atoms with van der Waals surface area (Å²) in [4.78, 5) is 2.64. The molecule has 20 heavy (non-hydrogen) atoms. The van der Waals surface area contributed by atoms with Crippen molar-refractivity contribution in [3.05, 3.63) is 34.4 Å². The van der Waals surface area contributed by atoms with Crippen LogP contribution in [0.15, 0.2) is 12.1 Å². The van der Waals surface area contributed by atoms with Crippen molar-refractivity contribution in [2.45, 2.75) is 59.5 Å². The summed E-state index contributed by atoms with van der Waals surface area (Å²) >= 11 is 0. The summed E-state index contributed by atoms with van der Waals surface area (Å²) in [6, 6.07) is 5.58. The number of hydrogen-bond acceptors (Lipinski definition) is 2. The number of rotatable bonds is 3. The number of hydrogen-bond donors (Lipinski definition) is 1. The molecule has 2 rings (SSSR count). The molecular weight excluding hydrogens is 244 g/mol. The number of likely N-dealkylation sites (tertiary alicyclic amines) is 1. The van der Waals surface area contributed by atoms with Crippen molar-refractivity contribution in [3.8, 4) is 0 Å². The van der Waals surface area contributed by atoms with Gasteiger partial charge in [0.2, 0.25) is 0 Å². The summed E-state index contributed by atoms with van der Waals surface area (Å²) in [5.74, 6) is 0.767. The van der Waals surface area contributed by atoms with Gasteiger partial charge in [-0.25, -0.2) is 0 Å². The van der Waals surface area contributed by atoms with Crippen LogP contribution in [0.25, 0.3) is 0 Å². The molecule has 3 atom stereocenters. The molecule has 2 nitrogen and oxygen atoms in total. The molecule has 0 amide bonds. The normalized spacial score (nSPS) is 25.7. The maximum absolute atomic E-state index is 6.18. The Morgan fingerprint density at radius 2 is 1.80 bits per heavy atom. The van der Waals surface area contributed by atoms with Gasteiger partial charge < -0.3 is 5.73 Å². The van der Waals surface area contributed by atoms with E-state index in [2.05, 4.69) is 51.7 Å². The van der Waals surface area contributed by atoms with Crippen molar-refractivity contribution in [3.63, 3.8) is 0 Å². The Morgan fingerprint density at radius 3 is 2.35 bits per heavy atom. The van der Waals surface area contributed by atoms with E-state index < -0.39 is 0 Å². The molecule has 2 heteroatoms. The van der Waals surface area contributed by atoms with Crippen LogP contribution in [0.5, 0.6) is 0 Å². The maximum atomic E-state index is 6.18. The fourth-order valence-corrected chi connectivity index (χ4v) is 3.94. The first kappa shape index (κ1) is 15.5. The van der Waals surface area contributed by atoms with Crippen molar-refractivity contribution in [1.82, 2.24) is 4.90 Å². The van der Waals surface area contributed by atoms with Crippen LogP contribution in [-0.4, -0.2) is 24.0 Å². The van der Waals surface area contributed by atoms with Crippen LogP contribution >= 0.6 is 0 Å². The largest absolute Gasteiger partial charge is 0.329 e. The highest BCUT2D eigenvalue weighted by atomic mass is 15.2. The molecule has 0 aromatic heterocycles. The minimum atomic E-state index is 0.369. The highest BCUT2D eigenvalue weighted by Gasteiger charge is 2.31. The van der Waals surface area contributed by atoms with Gasteiger partial charge in [-0.3, -0.25) is 4.90 Å². The van der Waals surface area contributed by atoms with Crippen molar-refractivity contribution >= 4 is 0 Å². The third-order valence-electron chi connectivity index (χ3n) is 5.12. The SMILES string of the molecule is Cc1cc(C)c(C(CN)N2CCCC(C)C2C)c(C)c1. The monoisotopic (exact) mass is 274 g/mol. The van der Waals surface area contributed by atoms with Gasteiger partial charge in [-0.05, 0) is 69.7 Å². The minimum Gasteiger partial charge on any atom is -0.329 e. The minimum absolute atomic E-state index is 0.369. The molecule has 1 saturated heterocycles. The van der Waals surface area contributed by atoms with E-state index >= 15 is 0 Å². The zero-order chi connectivity index (χ0) is 14.9. The highest BCUT2D eigenvalue weighted by molar-refractivity contribution is 5.40. The molecule has 1 aliphatic rings. The van der Waals surface area contributed by atoms with Gasteiger partial charge in [0.1, 0.15) is 0 Å². The van der Waals surface area contributed by atoms with Crippen molar-refractivity contribution < 1.29 is 0 Å².